The molecule has 0 atom stereocenters. The second kappa shape index (κ2) is 18.7. The quantitative estimate of drug-likeness (QED) is 0.0557. The number of aryl methyl sites for hydroxylation is 1. The summed E-state index contributed by atoms with van der Waals surface area (Å²) < 4.78 is 44.2. The Morgan fingerprint density at radius 2 is 1.77 bits per heavy atom. The third-order valence-electron chi connectivity index (χ3n) is 12.7. The van der Waals surface area contributed by atoms with E-state index < -0.39 is 35.2 Å². The maximum absolute atomic E-state index is 14.0. The first-order valence-corrected chi connectivity index (χ1v) is 25.6. The molecule has 2 fully saturated rings. The average molecular weight is 928 g/mol. The lowest BCUT2D eigenvalue weighted by Gasteiger charge is -2.39. The summed E-state index contributed by atoms with van der Waals surface area (Å²) in [5.41, 5.74) is 5.84. The number of nitrogens with one attached hydrogen (secondary N) is 3. The molecule has 0 spiro atoms. The fourth-order valence-corrected chi connectivity index (χ4v) is 11.4. The van der Waals surface area contributed by atoms with E-state index in [1.807, 2.05) is 18.2 Å². The maximum atomic E-state index is 14.0. The second-order valence-corrected chi connectivity index (χ2v) is 23.0. The predicted molar refractivity (Wildman–Crippen MR) is 257 cm³/mol. The van der Waals surface area contributed by atoms with Crippen LogP contribution in [0.1, 0.15) is 61.0 Å². The molecule has 2 aliphatic heterocycles. The molecule has 17 heteroatoms. The number of nitro benzene ring substituents is 1. The van der Waals surface area contributed by atoms with Crippen molar-refractivity contribution in [2.45, 2.75) is 50.8 Å². The van der Waals surface area contributed by atoms with Gasteiger partial charge in [0, 0.05) is 97.3 Å². The number of pyridine rings is 1. The molecule has 338 valence electrons. The Kier molecular flexibility index (Phi) is 13.2. The highest BCUT2D eigenvalue weighted by Crippen LogP contribution is 2.43. The van der Waals surface area contributed by atoms with Crippen LogP contribution in [0.15, 0.2) is 95.7 Å². The van der Waals surface area contributed by atoms with Gasteiger partial charge >= 0.3 is 0 Å². The zero-order valence-corrected chi connectivity index (χ0v) is 38.7. The van der Waals surface area contributed by atoms with E-state index in [2.05, 4.69) is 61.2 Å². The average Bonchev–Trinajstić information content (AvgIpc) is 3.73. The van der Waals surface area contributed by atoms with Gasteiger partial charge in [-0.15, -0.1) is 9.41 Å². The van der Waals surface area contributed by atoms with Gasteiger partial charge in [-0.05, 0) is 97.7 Å². The van der Waals surface area contributed by atoms with Gasteiger partial charge in [-0.3, -0.25) is 24.6 Å². The minimum Gasteiger partial charge on any atom is -0.455 e. The van der Waals surface area contributed by atoms with Gasteiger partial charge < -0.3 is 19.5 Å². The summed E-state index contributed by atoms with van der Waals surface area (Å²) in [6.07, 6.45) is 7.48. The molecule has 2 aromatic heterocycles. The summed E-state index contributed by atoms with van der Waals surface area (Å²) in [7, 11) is -6.09. The number of aromatic amines is 1. The van der Waals surface area contributed by atoms with Gasteiger partial charge in [0.25, 0.3) is 21.6 Å². The molecule has 0 unspecified atom stereocenters. The zero-order chi connectivity index (χ0) is 45.2. The minimum absolute atomic E-state index is 0.0334. The van der Waals surface area contributed by atoms with E-state index in [-0.39, 0.29) is 22.4 Å². The Hall–Kier alpha value is -5.26. The lowest BCUT2D eigenvalue weighted by atomic mass is 9.72. The van der Waals surface area contributed by atoms with Gasteiger partial charge in [-0.2, -0.15) is 0 Å². The molecular formula is C47H55ClN8O6S2. The largest absolute Gasteiger partial charge is 0.455 e. The first kappa shape index (κ1) is 45.3. The number of allylic oxidation sites excluding steroid dienone is 1. The number of amides is 1. The lowest BCUT2D eigenvalue weighted by molar-refractivity contribution is -0.385. The summed E-state index contributed by atoms with van der Waals surface area (Å²) in [6, 6.07) is 20.6. The molecule has 1 amide bonds. The number of ether oxygens (including phenoxy) is 1. The van der Waals surface area contributed by atoms with Gasteiger partial charge in [0.1, 0.15) is 17.1 Å². The van der Waals surface area contributed by atoms with Crippen LogP contribution in [-0.2, 0) is 25.9 Å². The molecule has 2 saturated heterocycles. The summed E-state index contributed by atoms with van der Waals surface area (Å²) in [5, 5.41) is 13.7. The number of piperazine rings is 1. The first-order chi connectivity index (χ1) is 30.5. The van der Waals surface area contributed by atoms with Crippen LogP contribution in [0.5, 0.6) is 11.5 Å². The van der Waals surface area contributed by atoms with Crippen molar-refractivity contribution in [3.05, 3.63) is 123 Å². The number of carbonyl (C=O) groups is 1. The molecule has 1 aliphatic carbocycles. The van der Waals surface area contributed by atoms with E-state index in [9.17, 15) is 23.3 Å². The van der Waals surface area contributed by atoms with Gasteiger partial charge in [0.05, 0.1) is 21.6 Å². The van der Waals surface area contributed by atoms with Crippen LogP contribution < -0.4 is 14.4 Å². The number of aromatic nitrogens is 2. The Balaban J connectivity index is 0.982. The Bertz CT molecular complexity index is 2800. The van der Waals surface area contributed by atoms with Crippen molar-refractivity contribution >= 4 is 70.8 Å². The van der Waals surface area contributed by atoms with E-state index in [1.165, 1.54) is 35.0 Å². The number of nitrogens with zero attached hydrogens (tertiary/aromatic N) is 5. The number of H-pyrrole nitrogens is 1. The smallest absolute Gasteiger partial charge is 0.273 e. The van der Waals surface area contributed by atoms with Crippen LogP contribution in [0.4, 0.5) is 11.4 Å². The van der Waals surface area contributed by atoms with Crippen molar-refractivity contribution in [2.24, 2.45) is 5.41 Å². The summed E-state index contributed by atoms with van der Waals surface area (Å²) >= 11 is 6.24. The standard InChI is InChI=1S/C47H55ClN8O6S2/c1-47(2)16-14-36(42(30-47)33-6-9-37(48)10-7-33)32-54-19-21-55(22-20-54)38-11-13-41(44(28-38)62-39-27-35-15-17-50-45(35)51-31-39)46(57)52-64(60,61)40-12-8-34(43(29-40)56(58)59)5-4-18-53-23-25-63(3,49)26-24-53/h6-13,15,17,27-29,31,49H,3-5,14,16,18-26,30,32H2,1-2H3,(H,50,51)(H,52,57). The molecule has 3 N–H and O–H groups in total. The van der Waals surface area contributed by atoms with Gasteiger partial charge in [-0.1, -0.05) is 55.1 Å². The monoisotopic (exact) mass is 926 g/mol. The van der Waals surface area contributed by atoms with E-state index in [4.69, 9.17) is 21.1 Å². The normalized spacial score (nSPS) is 18.3. The van der Waals surface area contributed by atoms with E-state index in [1.54, 1.807) is 30.5 Å². The van der Waals surface area contributed by atoms with Gasteiger partial charge in [0.15, 0.2) is 0 Å². The number of halogens is 1. The maximum Gasteiger partial charge on any atom is 0.273 e. The Labute approximate surface area is 380 Å². The molecule has 8 rings (SSSR count). The molecule has 0 saturated carbocycles. The fraction of sp³-hybridized carbons (Fsp3) is 0.383. The van der Waals surface area contributed by atoms with Crippen LogP contribution >= 0.6 is 11.6 Å². The van der Waals surface area contributed by atoms with Crippen LogP contribution in [0.2, 0.25) is 5.02 Å². The second-order valence-electron chi connectivity index (χ2n) is 17.9. The molecule has 5 aromatic rings. The number of carbonyl (C=O) groups excluding carboxylic acids is 1. The zero-order valence-electron chi connectivity index (χ0n) is 36.3. The summed E-state index contributed by atoms with van der Waals surface area (Å²) in [4.78, 5) is 39.6. The van der Waals surface area contributed by atoms with Crippen LogP contribution in [-0.4, -0.2) is 109 Å². The van der Waals surface area contributed by atoms with Crippen LogP contribution in [0.3, 0.4) is 0 Å². The fourth-order valence-electron chi connectivity index (χ4n) is 8.85. The molecule has 14 nitrogen and oxygen atoms in total. The highest BCUT2D eigenvalue weighted by molar-refractivity contribution is 8.01. The third-order valence-corrected chi connectivity index (χ3v) is 16.2. The minimum atomic E-state index is -4.55. The number of fused-ring (bicyclic) bond motifs is 1. The lowest BCUT2D eigenvalue weighted by Crippen LogP contribution is -2.47. The van der Waals surface area contributed by atoms with Gasteiger partial charge in [-0.25, -0.2) is 18.1 Å². The summed E-state index contributed by atoms with van der Waals surface area (Å²) in [5.74, 6) is 5.04. The Morgan fingerprint density at radius 3 is 2.50 bits per heavy atom. The number of sulfonamides is 1. The first-order valence-electron chi connectivity index (χ1n) is 21.6. The van der Waals surface area contributed by atoms with Crippen LogP contribution in [0.25, 0.3) is 16.6 Å². The van der Waals surface area contributed by atoms with Crippen molar-refractivity contribution in [1.29, 1.82) is 4.78 Å². The molecule has 3 aromatic carbocycles. The molecule has 4 heterocycles. The molecule has 64 heavy (non-hydrogen) atoms. The van der Waals surface area contributed by atoms with E-state index >= 15 is 0 Å². The van der Waals surface area contributed by atoms with Crippen molar-refractivity contribution in [1.82, 2.24) is 24.5 Å². The van der Waals surface area contributed by atoms with E-state index in [0.29, 0.717) is 36.3 Å². The van der Waals surface area contributed by atoms with Crippen molar-refractivity contribution < 1.29 is 22.9 Å². The molecule has 3 aliphatic rings. The number of rotatable bonds is 14. The van der Waals surface area contributed by atoms with Crippen molar-refractivity contribution in [3.63, 3.8) is 0 Å². The van der Waals surface area contributed by atoms with Gasteiger partial charge in [0.2, 0.25) is 0 Å². The molecular weight excluding hydrogens is 872 g/mol. The number of benzene rings is 3. The highest BCUT2D eigenvalue weighted by atomic mass is 35.5. The number of hydrogen-bond donors (Lipinski definition) is 3. The number of hydrogen-bond acceptors (Lipinski definition) is 11. The SMILES string of the molecule is C=S1(=N)CCN(CCCc2ccc(S(=O)(=O)NC(=O)c3ccc(N4CCN(CC5=C(c6ccc(Cl)cc6)CC(C)(C)CC5)CC4)cc3Oc3cnc4[nH]ccc4c3)cc2[N+](=O)[O-])CC1. The summed E-state index contributed by atoms with van der Waals surface area (Å²) in [6.45, 7) is 10.9. The van der Waals surface area contributed by atoms with E-state index in [0.717, 1.165) is 98.7 Å². The number of nitro groups is 1. The molecule has 0 bridgehead atoms. The predicted octanol–water partition coefficient (Wildman–Crippen LogP) is 8.42. The van der Waals surface area contributed by atoms with Crippen molar-refractivity contribution in [3.8, 4) is 11.5 Å². The Morgan fingerprint density at radius 1 is 1.02 bits per heavy atom. The topological polar surface area (TPSA) is 178 Å². The highest BCUT2D eigenvalue weighted by Gasteiger charge is 2.30. The third kappa shape index (κ3) is 10.8. The van der Waals surface area contributed by atoms with Crippen molar-refractivity contribution in [2.75, 3.05) is 68.8 Å². The van der Waals surface area contributed by atoms with Crippen LogP contribution in [0, 0.1) is 20.3 Å². The number of anilines is 1. The molecule has 0 radical (unpaired) electrons.